The number of ether oxygens (including phenoxy) is 2. The van der Waals surface area contributed by atoms with E-state index >= 15 is 0 Å². The molecule has 3 rings (SSSR count). The summed E-state index contributed by atoms with van der Waals surface area (Å²) in [6.07, 6.45) is 8.06. The third-order valence-electron chi connectivity index (χ3n) is 5.65. The first-order chi connectivity index (χ1) is 10.8. The fraction of sp³-hybridized carbons (Fsp3) is 0.941. The Labute approximate surface area is 133 Å². The predicted octanol–water partition coefficient (Wildman–Crippen LogP) is 1.56. The van der Waals surface area contributed by atoms with Crippen molar-refractivity contribution in [2.75, 3.05) is 46.1 Å². The molecule has 0 radical (unpaired) electrons. The molecule has 0 unspecified atom stereocenters. The molecule has 0 atom stereocenters. The van der Waals surface area contributed by atoms with Crippen molar-refractivity contribution in [1.29, 1.82) is 0 Å². The van der Waals surface area contributed by atoms with Crippen LogP contribution in [0.15, 0.2) is 0 Å². The average molecular weight is 310 g/mol. The summed E-state index contributed by atoms with van der Waals surface area (Å²) in [5, 5.41) is 3.28. The summed E-state index contributed by atoms with van der Waals surface area (Å²) in [4.78, 5) is 15.0. The summed E-state index contributed by atoms with van der Waals surface area (Å²) in [7, 11) is 0. The SMILES string of the molecule is O=C(NCC1(N2CCOCC2)CCCCC1)C1CCOCC1. The van der Waals surface area contributed by atoms with Gasteiger partial charge in [0.15, 0.2) is 0 Å². The lowest BCUT2D eigenvalue weighted by Crippen LogP contribution is -2.60. The maximum atomic E-state index is 12.5. The van der Waals surface area contributed by atoms with Gasteiger partial charge in [0.25, 0.3) is 0 Å². The number of carbonyl (C=O) groups is 1. The molecule has 126 valence electrons. The molecule has 0 aromatic heterocycles. The van der Waals surface area contributed by atoms with Gasteiger partial charge in [0.2, 0.25) is 5.91 Å². The molecule has 0 bridgehead atoms. The third kappa shape index (κ3) is 3.81. The van der Waals surface area contributed by atoms with Crippen molar-refractivity contribution in [3.8, 4) is 0 Å². The molecule has 2 saturated heterocycles. The molecule has 22 heavy (non-hydrogen) atoms. The fourth-order valence-corrected chi connectivity index (χ4v) is 4.21. The van der Waals surface area contributed by atoms with Crippen molar-refractivity contribution in [2.24, 2.45) is 5.92 Å². The van der Waals surface area contributed by atoms with Crippen LogP contribution in [0.25, 0.3) is 0 Å². The minimum atomic E-state index is 0.152. The number of amides is 1. The monoisotopic (exact) mass is 310 g/mol. The Bertz CT molecular complexity index is 357. The number of nitrogens with one attached hydrogen (secondary N) is 1. The molecule has 1 amide bonds. The average Bonchev–Trinajstić information content (AvgIpc) is 2.62. The lowest BCUT2D eigenvalue weighted by Gasteiger charge is -2.48. The van der Waals surface area contributed by atoms with Crippen LogP contribution in [-0.2, 0) is 14.3 Å². The first-order valence-corrected chi connectivity index (χ1v) is 8.98. The first kappa shape index (κ1) is 16.2. The Morgan fingerprint density at radius 1 is 1.00 bits per heavy atom. The zero-order chi connectivity index (χ0) is 15.3. The molecule has 5 heteroatoms. The van der Waals surface area contributed by atoms with Crippen LogP contribution < -0.4 is 5.32 Å². The van der Waals surface area contributed by atoms with Gasteiger partial charge in [0.1, 0.15) is 0 Å². The Balaban J connectivity index is 1.58. The van der Waals surface area contributed by atoms with Gasteiger partial charge in [-0.25, -0.2) is 0 Å². The highest BCUT2D eigenvalue weighted by atomic mass is 16.5. The molecule has 3 fully saturated rings. The van der Waals surface area contributed by atoms with E-state index in [2.05, 4.69) is 10.2 Å². The molecule has 3 aliphatic rings. The Morgan fingerprint density at radius 2 is 1.64 bits per heavy atom. The predicted molar refractivity (Wildman–Crippen MR) is 84.8 cm³/mol. The van der Waals surface area contributed by atoms with Crippen LogP contribution in [-0.4, -0.2) is 62.4 Å². The van der Waals surface area contributed by atoms with Crippen molar-refractivity contribution in [2.45, 2.75) is 50.5 Å². The molecular formula is C17H30N2O3. The molecule has 5 nitrogen and oxygen atoms in total. The summed E-state index contributed by atoms with van der Waals surface area (Å²) in [6.45, 7) is 5.94. The van der Waals surface area contributed by atoms with Gasteiger partial charge >= 0.3 is 0 Å². The van der Waals surface area contributed by atoms with Crippen LogP contribution in [0, 0.1) is 5.92 Å². The minimum Gasteiger partial charge on any atom is -0.381 e. The van der Waals surface area contributed by atoms with E-state index in [4.69, 9.17) is 9.47 Å². The van der Waals surface area contributed by atoms with Gasteiger partial charge in [0.05, 0.1) is 13.2 Å². The van der Waals surface area contributed by atoms with Crippen LogP contribution >= 0.6 is 0 Å². The van der Waals surface area contributed by atoms with E-state index < -0.39 is 0 Å². The van der Waals surface area contributed by atoms with Crippen molar-refractivity contribution in [3.05, 3.63) is 0 Å². The molecule has 0 aromatic carbocycles. The zero-order valence-electron chi connectivity index (χ0n) is 13.6. The second-order valence-corrected chi connectivity index (χ2v) is 6.99. The number of rotatable bonds is 4. The van der Waals surface area contributed by atoms with E-state index in [-0.39, 0.29) is 17.4 Å². The van der Waals surface area contributed by atoms with Crippen molar-refractivity contribution >= 4 is 5.91 Å². The standard InChI is InChI=1S/C17H30N2O3/c20-16(15-4-10-21-11-5-15)18-14-17(6-2-1-3-7-17)19-8-12-22-13-9-19/h15H,1-14H2,(H,18,20). The van der Waals surface area contributed by atoms with Gasteiger partial charge in [0, 0.05) is 44.3 Å². The van der Waals surface area contributed by atoms with Gasteiger partial charge in [-0.1, -0.05) is 19.3 Å². The zero-order valence-corrected chi connectivity index (χ0v) is 13.6. The van der Waals surface area contributed by atoms with Gasteiger partial charge in [-0.2, -0.15) is 0 Å². The quantitative estimate of drug-likeness (QED) is 0.856. The molecule has 2 heterocycles. The van der Waals surface area contributed by atoms with Gasteiger partial charge < -0.3 is 14.8 Å². The second kappa shape index (κ2) is 7.75. The van der Waals surface area contributed by atoms with E-state index in [1.54, 1.807) is 0 Å². The van der Waals surface area contributed by atoms with E-state index in [1.807, 2.05) is 0 Å². The molecular weight excluding hydrogens is 280 g/mol. The Morgan fingerprint density at radius 3 is 2.32 bits per heavy atom. The maximum Gasteiger partial charge on any atom is 0.223 e. The van der Waals surface area contributed by atoms with E-state index in [0.717, 1.165) is 58.9 Å². The number of morpholine rings is 1. The fourth-order valence-electron chi connectivity index (χ4n) is 4.21. The maximum absolute atomic E-state index is 12.5. The lowest BCUT2D eigenvalue weighted by molar-refractivity contribution is -0.129. The first-order valence-electron chi connectivity index (χ1n) is 8.98. The van der Waals surface area contributed by atoms with Crippen LogP contribution in [0.3, 0.4) is 0 Å². The normalized spacial score (nSPS) is 27.5. The molecule has 0 spiro atoms. The topological polar surface area (TPSA) is 50.8 Å². The molecule has 1 N–H and O–H groups in total. The molecule has 1 aliphatic carbocycles. The number of hydrogen-bond acceptors (Lipinski definition) is 4. The van der Waals surface area contributed by atoms with Gasteiger partial charge in [-0.15, -0.1) is 0 Å². The summed E-state index contributed by atoms with van der Waals surface area (Å²) in [5.41, 5.74) is 0.170. The number of carbonyl (C=O) groups excluding carboxylic acids is 1. The summed E-state index contributed by atoms with van der Waals surface area (Å²) in [6, 6.07) is 0. The van der Waals surface area contributed by atoms with E-state index in [9.17, 15) is 4.79 Å². The van der Waals surface area contributed by atoms with Crippen molar-refractivity contribution in [1.82, 2.24) is 10.2 Å². The van der Waals surface area contributed by atoms with Gasteiger partial charge in [-0.05, 0) is 25.7 Å². The van der Waals surface area contributed by atoms with E-state index in [0.29, 0.717) is 0 Å². The summed E-state index contributed by atoms with van der Waals surface area (Å²) >= 11 is 0. The Hall–Kier alpha value is -0.650. The number of nitrogens with zero attached hydrogens (tertiary/aromatic N) is 1. The van der Waals surface area contributed by atoms with Crippen LogP contribution in [0.2, 0.25) is 0 Å². The van der Waals surface area contributed by atoms with Gasteiger partial charge in [-0.3, -0.25) is 9.69 Å². The smallest absolute Gasteiger partial charge is 0.223 e. The van der Waals surface area contributed by atoms with Crippen molar-refractivity contribution in [3.63, 3.8) is 0 Å². The van der Waals surface area contributed by atoms with Crippen molar-refractivity contribution < 1.29 is 14.3 Å². The van der Waals surface area contributed by atoms with E-state index in [1.165, 1.54) is 32.1 Å². The van der Waals surface area contributed by atoms with Crippen LogP contribution in [0.4, 0.5) is 0 Å². The highest BCUT2D eigenvalue weighted by Gasteiger charge is 2.39. The molecule has 2 aliphatic heterocycles. The number of hydrogen-bond donors (Lipinski definition) is 1. The third-order valence-corrected chi connectivity index (χ3v) is 5.65. The lowest BCUT2D eigenvalue weighted by atomic mass is 9.79. The molecule has 0 aromatic rings. The van der Waals surface area contributed by atoms with Crippen LogP contribution in [0.1, 0.15) is 44.9 Å². The van der Waals surface area contributed by atoms with Crippen LogP contribution in [0.5, 0.6) is 0 Å². The Kier molecular flexibility index (Phi) is 5.71. The molecule has 1 saturated carbocycles. The highest BCUT2D eigenvalue weighted by molar-refractivity contribution is 5.78. The summed E-state index contributed by atoms with van der Waals surface area (Å²) < 4.78 is 10.9. The highest BCUT2D eigenvalue weighted by Crippen LogP contribution is 2.34. The largest absolute Gasteiger partial charge is 0.381 e. The summed E-state index contributed by atoms with van der Waals surface area (Å²) in [5.74, 6) is 0.389. The minimum absolute atomic E-state index is 0.152. The second-order valence-electron chi connectivity index (χ2n) is 6.99.